The number of hydrogen-bond donors (Lipinski definition) is 1. The van der Waals surface area contributed by atoms with E-state index in [4.69, 9.17) is 4.99 Å². The van der Waals surface area contributed by atoms with Gasteiger partial charge in [-0.2, -0.15) is 11.8 Å². The molecule has 1 unspecified atom stereocenters. The molecule has 0 aromatic rings. The van der Waals surface area contributed by atoms with Gasteiger partial charge in [0.15, 0.2) is 5.96 Å². The number of guanidine groups is 1. The van der Waals surface area contributed by atoms with Crippen LogP contribution in [0.2, 0.25) is 0 Å². The highest BCUT2D eigenvalue weighted by Crippen LogP contribution is 2.23. The molecule has 3 aliphatic heterocycles. The van der Waals surface area contributed by atoms with Crippen molar-refractivity contribution in [1.82, 2.24) is 15.1 Å². The summed E-state index contributed by atoms with van der Waals surface area (Å²) in [5.74, 6) is 5.49. The molecular formula is C18H34N4S. The van der Waals surface area contributed by atoms with Crippen LogP contribution in [0.15, 0.2) is 4.99 Å². The molecule has 0 aromatic heterocycles. The summed E-state index contributed by atoms with van der Waals surface area (Å²) in [6, 6.07) is 0. The van der Waals surface area contributed by atoms with Crippen molar-refractivity contribution in [3.05, 3.63) is 0 Å². The van der Waals surface area contributed by atoms with Crippen molar-refractivity contribution >= 4 is 17.7 Å². The summed E-state index contributed by atoms with van der Waals surface area (Å²) in [5, 5.41) is 3.54. The van der Waals surface area contributed by atoms with Crippen LogP contribution in [-0.2, 0) is 0 Å². The van der Waals surface area contributed by atoms with Gasteiger partial charge in [0.2, 0.25) is 0 Å². The highest BCUT2D eigenvalue weighted by molar-refractivity contribution is 7.99. The summed E-state index contributed by atoms with van der Waals surface area (Å²) in [4.78, 5) is 10.2. The average molecular weight is 339 g/mol. The normalized spacial score (nSPS) is 27.8. The topological polar surface area (TPSA) is 30.9 Å². The van der Waals surface area contributed by atoms with E-state index in [1.807, 2.05) is 0 Å². The van der Waals surface area contributed by atoms with Crippen LogP contribution in [0, 0.1) is 11.8 Å². The van der Waals surface area contributed by atoms with Crippen molar-refractivity contribution in [2.75, 3.05) is 57.3 Å². The van der Waals surface area contributed by atoms with Crippen LogP contribution >= 0.6 is 11.8 Å². The van der Waals surface area contributed by atoms with Gasteiger partial charge in [-0.25, -0.2) is 0 Å². The predicted octanol–water partition coefficient (Wildman–Crippen LogP) is 2.51. The van der Waals surface area contributed by atoms with Crippen molar-refractivity contribution in [2.24, 2.45) is 16.8 Å². The lowest BCUT2D eigenvalue weighted by molar-refractivity contribution is 0.281. The minimum Gasteiger partial charge on any atom is -0.357 e. The third kappa shape index (κ3) is 5.28. The van der Waals surface area contributed by atoms with E-state index in [9.17, 15) is 0 Å². The third-order valence-electron chi connectivity index (χ3n) is 5.48. The maximum absolute atomic E-state index is 4.99. The van der Waals surface area contributed by atoms with Crippen molar-refractivity contribution in [1.29, 1.82) is 0 Å². The highest BCUT2D eigenvalue weighted by atomic mass is 32.2. The number of aliphatic imine (C=N–C) groups is 1. The Morgan fingerprint density at radius 2 is 1.87 bits per heavy atom. The molecule has 0 radical (unpaired) electrons. The minimum absolute atomic E-state index is 0.813. The quantitative estimate of drug-likeness (QED) is 0.616. The summed E-state index contributed by atoms with van der Waals surface area (Å²) >= 11 is 2.10. The summed E-state index contributed by atoms with van der Waals surface area (Å²) in [5.41, 5.74) is 0. The van der Waals surface area contributed by atoms with Crippen molar-refractivity contribution in [3.8, 4) is 0 Å². The van der Waals surface area contributed by atoms with Gasteiger partial charge in [0.1, 0.15) is 0 Å². The smallest absolute Gasteiger partial charge is 0.193 e. The Morgan fingerprint density at radius 1 is 1.09 bits per heavy atom. The van der Waals surface area contributed by atoms with Gasteiger partial charge in [0.25, 0.3) is 0 Å². The SMILES string of the molecule is CCNC(=NCC1CCSCC1)N1CCC(CN2CCCC2)C1. The first kappa shape index (κ1) is 17.4. The van der Waals surface area contributed by atoms with E-state index in [-0.39, 0.29) is 0 Å². The molecule has 0 aromatic carbocycles. The van der Waals surface area contributed by atoms with Crippen LogP contribution in [0.5, 0.6) is 0 Å². The van der Waals surface area contributed by atoms with E-state index in [1.165, 1.54) is 82.3 Å². The zero-order chi connectivity index (χ0) is 15.9. The van der Waals surface area contributed by atoms with Crippen molar-refractivity contribution in [2.45, 2.75) is 39.0 Å². The monoisotopic (exact) mass is 338 g/mol. The molecule has 1 atom stereocenters. The molecule has 0 aliphatic carbocycles. The Hall–Kier alpha value is -0.420. The van der Waals surface area contributed by atoms with E-state index < -0.39 is 0 Å². The van der Waals surface area contributed by atoms with E-state index in [2.05, 4.69) is 33.8 Å². The molecule has 4 nitrogen and oxygen atoms in total. The lowest BCUT2D eigenvalue weighted by atomic mass is 10.0. The van der Waals surface area contributed by atoms with Gasteiger partial charge in [-0.1, -0.05) is 0 Å². The second-order valence-electron chi connectivity index (χ2n) is 7.36. The minimum atomic E-state index is 0.813. The molecular weight excluding hydrogens is 304 g/mol. The Morgan fingerprint density at radius 3 is 2.61 bits per heavy atom. The van der Waals surface area contributed by atoms with Crippen molar-refractivity contribution in [3.63, 3.8) is 0 Å². The molecule has 3 saturated heterocycles. The maximum Gasteiger partial charge on any atom is 0.193 e. The fraction of sp³-hybridized carbons (Fsp3) is 0.944. The first-order valence-corrected chi connectivity index (χ1v) is 10.8. The fourth-order valence-corrected chi connectivity index (χ4v) is 5.28. The second kappa shape index (κ2) is 9.16. The first-order valence-electron chi connectivity index (χ1n) is 9.68. The number of thioether (sulfide) groups is 1. The van der Waals surface area contributed by atoms with E-state index in [0.717, 1.165) is 24.9 Å². The summed E-state index contributed by atoms with van der Waals surface area (Å²) in [7, 11) is 0. The number of nitrogens with zero attached hydrogens (tertiary/aromatic N) is 3. The zero-order valence-electron chi connectivity index (χ0n) is 14.8. The lowest BCUT2D eigenvalue weighted by Gasteiger charge is -2.25. The summed E-state index contributed by atoms with van der Waals surface area (Å²) < 4.78 is 0. The molecule has 3 fully saturated rings. The molecule has 23 heavy (non-hydrogen) atoms. The summed E-state index contributed by atoms with van der Waals surface area (Å²) in [6.45, 7) is 10.5. The zero-order valence-corrected chi connectivity index (χ0v) is 15.6. The van der Waals surface area contributed by atoms with E-state index in [0.29, 0.717) is 0 Å². The van der Waals surface area contributed by atoms with Gasteiger partial charge in [0, 0.05) is 32.7 Å². The Labute approximate surface area is 146 Å². The largest absolute Gasteiger partial charge is 0.357 e. The number of hydrogen-bond acceptors (Lipinski definition) is 3. The molecule has 132 valence electrons. The van der Waals surface area contributed by atoms with Crippen LogP contribution in [0.1, 0.15) is 39.0 Å². The standard InChI is InChI=1S/C18H34N4S/c1-2-19-18(20-13-16-6-11-23-12-7-16)22-10-5-17(15-22)14-21-8-3-4-9-21/h16-17H,2-15H2,1H3,(H,19,20). The third-order valence-corrected chi connectivity index (χ3v) is 6.52. The number of likely N-dealkylation sites (tertiary alicyclic amines) is 2. The van der Waals surface area contributed by atoms with Gasteiger partial charge >= 0.3 is 0 Å². The van der Waals surface area contributed by atoms with Gasteiger partial charge in [0.05, 0.1) is 0 Å². The fourth-order valence-electron chi connectivity index (χ4n) is 4.07. The Bertz CT molecular complexity index is 375. The van der Waals surface area contributed by atoms with Gasteiger partial charge in [-0.05, 0) is 75.5 Å². The molecule has 0 amide bonds. The molecule has 3 rings (SSSR count). The molecule has 0 spiro atoms. The van der Waals surface area contributed by atoms with Crippen LogP contribution in [0.3, 0.4) is 0 Å². The average Bonchev–Trinajstić information content (AvgIpc) is 3.25. The predicted molar refractivity (Wildman–Crippen MR) is 101 cm³/mol. The Balaban J connectivity index is 1.49. The molecule has 3 heterocycles. The molecule has 0 saturated carbocycles. The van der Waals surface area contributed by atoms with Crippen LogP contribution in [-0.4, -0.2) is 73.1 Å². The summed E-state index contributed by atoms with van der Waals surface area (Å²) in [6.07, 6.45) is 6.84. The molecule has 5 heteroatoms. The second-order valence-corrected chi connectivity index (χ2v) is 8.58. The maximum atomic E-state index is 4.99. The van der Waals surface area contributed by atoms with Gasteiger partial charge < -0.3 is 15.1 Å². The van der Waals surface area contributed by atoms with Crippen LogP contribution in [0.25, 0.3) is 0 Å². The van der Waals surface area contributed by atoms with Crippen LogP contribution in [0.4, 0.5) is 0 Å². The first-order chi connectivity index (χ1) is 11.3. The Kier molecular flexibility index (Phi) is 6.94. The molecule has 0 bridgehead atoms. The van der Waals surface area contributed by atoms with E-state index in [1.54, 1.807) is 0 Å². The van der Waals surface area contributed by atoms with E-state index >= 15 is 0 Å². The van der Waals surface area contributed by atoms with Crippen LogP contribution < -0.4 is 5.32 Å². The molecule has 3 aliphatic rings. The van der Waals surface area contributed by atoms with Crippen molar-refractivity contribution < 1.29 is 0 Å². The number of nitrogens with one attached hydrogen (secondary N) is 1. The highest BCUT2D eigenvalue weighted by Gasteiger charge is 2.27. The van der Waals surface area contributed by atoms with Gasteiger partial charge in [-0.15, -0.1) is 0 Å². The molecule has 1 N–H and O–H groups in total. The van der Waals surface area contributed by atoms with Gasteiger partial charge in [-0.3, -0.25) is 4.99 Å². The number of rotatable bonds is 5. The lowest BCUT2D eigenvalue weighted by Crippen LogP contribution is -2.41.